The number of hydrogen-bond acceptors (Lipinski definition) is 2. The lowest BCUT2D eigenvalue weighted by Gasteiger charge is -2.04. The largest absolute Gasteiger partial charge is 0.383 e. The van der Waals surface area contributed by atoms with Gasteiger partial charge in [0.15, 0.2) is 0 Å². The Morgan fingerprint density at radius 2 is 2.07 bits per heavy atom. The average Bonchev–Trinajstić information content (AvgIpc) is 2.07. The molecule has 80 valence electrons. The van der Waals surface area contributed by atoms with Crippen LogP contribution in [0, 0.1) is 17.4 Å². The molecule has 1 aromatic heterocycles. The van der Waals surface area contributed by atoms with Gasteiger partial charge in [0, 0.05) is 0 Å². The van der Waals surface area contributed by atoms with Gasteiger partial charge < -0.3 is 5.73 Å². The summed E-state index contributed by atoms with van der Waals surface area (Å²) in [6.07, 6.45) is 0. The van der Waals surface area contributed by atoms with Crippen LogP contribution in [0.5, 0.6) is 0 Å². The molecule has 0 fully saturated rings. The van der Waals surface area contributed by atoms with Crippen molar-refractivity contribution in [1.29, 1.82) is 0 Å². The lowest BCUT2D eigenvalue weighted by atomic mass is 10.3. The Hall–Kier alpha value is -0.863. The number of rotatable bonds is 0. The summed E-state index contributed by atoms with van der Waals surface area (Å²) in [7, 11) is -1.45. The van der Waals surface area contributed by atoms with Crippen molar-refractivity contribution < 1.29 is 4.39 Å². The van der Waals surface area contributed by atoms with Gasteiger partial charge in [-0.05, 0) is 22.0 Å². The van der Waals surface area contributed by atoms with Gasteiger partial charge >= 0.3 is 0 Å². The molecule has 0 bridgehead atoms. The molecule has 0 radical (unpaired) electrons. The van der Waals surface area contributed by atoms with E-state index >= 15 is 0 Å². The Bertz CT molecular complexity index is 443. The molecular formula is C10H12BrFN2Si. The Morgan fingerprint density at radius 1 is 1.47 bits per heavy atom. The minimum Gasteiger partial charge on any atom is -0.383 e. The minimum atomic E-state index is -1.45. The van der Waals surface area contributed by atoms with Gasteiger partial charge in [-0.1, -0.05) is 25.6 Å². The van der Waals surface area contributed by atoms with E-state index in [0.29, 0.717) is 5.56 Å². The molecular weight excluding hydrogens is 275 g/mol. The molecule has 0 amide bonds. The fraction of sp³-hybridized carbons (Fsp3) is 0.300. The van der Waals surface area contributed by atoms with Gasteiger partial charge in [-0.15, -0.1) is 5.54 Å². The first-order chi connectivity index (χ1) is 6.79. The molecule has 0 atom stereocenters. The summed E-state index contributed by atoms with van der Waals surface area (Å²) in [5.74, 6) is 2.48. The Balaban J connectivity index is 3.15. The SMILES string of the molecule is C[Si](C)(C)C#Cc1cc(Br)c(F)nc1N. The van der Waals surface area contributed by atoms with E-state index in [-0.39, 0.29) is 10.3 Å². The molecule has 2 nitrogen and oxygen atoms in total. The molecule has 2 N–H and O–H groups in total. The van der Waals surface area contributed by atoms with Gasteiger partial charge in [0.1, 0.15) is 13.9 Å². The Morgan fingerprint density at radius 3 is 2.60 bits per heavy atom. The van der Waals surface area contributed by atoms with Crippen LogP contribution in [0.4, 0.5) is 10.2 Å². The standard InChI is InChI=1S/C10H12BrFN2Si/c1-15(2,3)5-4-7-6-8(11)9(12)14-10(7)13/h6H,1-3H3,(H2,13,14). The maximum Gasteiger partial charge on any atom is 0.229 e. The molecule has 1 heterocycles. The first kappa shape index (κ1) is 12.2. The van der Waals surface area contributed by atoms with E-state index in [9.17, 15) is 4.39 Å². The maximum atomic E-state index is 13.0. The number of nitrogen functional groups attached to an aromatic ring is 1. The third-order valence-electron chi connectivity index (χ3n) is 1.53. The zero-order valence-corrected chi connectivity index (χ0v) is 11.4. The molecule has 0 spiro atoms. The third kappa shape index (κ3) is 3.65. The monoisotopic (exact) mass is 286 g/mol. The highest BCUT2D eigenvalue weighted by molar-refractivity contribution is 9.10. The molecule has 5 heteroatoms. The van der Waals surface area contributed by atoms with Crippen LogP contribution >= 0.6 is 15.9 Å². The lowest BCUT2D eigenvalue weighted by molar-refractivity contribution is 0.578. The molecule has 0 saturated carbocycles. The lowest BCUT2D eigenvalue weighted by Crippen LogP contribution is -2.16. The van der Waals surface area contributed by atoms with Crippen molar-refractivity contribution in [2.24, 2.45) is 0 Å². The van der Waals surface area contributed by atoms with E-state index in [0.717, 1.165) is 0 Å². The van der Waals surface area contributed by atoms with Crippen molar-refractivity contribution in [2.45, 2.75) is 19.6 Å². The number of nitrogens with two attached hydrogens (primary N) is 1. The van der Waals surface area contributed by atoms with Gasteiger partial charge in [0.05, 0.1) is 10.0 Å². The fourth-order valence-corrected chi connectivity index (χ4v) is 1.66. The summed E-state index contributed by atoms with van der Waals surface area (Å²) < 4.78 is 13.2. The van der Waals surface area contributed by atoms with Gasteiger partial charge in [-0.3, -0.25) is 0 Å². The Kier molecular flexibility index (Phi) is 3.53. The third-order valence-corrected chi connectivity index (χ3v) is 2.97. The van der Waals surface area contributed by atoms with Gasteiger partial charge in [-0.25, -0.2) is 4.98 Å². The zero-order chi connectivity index (χ0) is 11.6. The number of nitrogens with zero attached hydrogens (tertiary/aromatic N) is 1. The highest BCUT2D eigenvalue weighted by Gasteiger charge is 2.09. The van der Waals surface area contributed by atoms with E-state index < -0.39 is 14.0 Å². The predicted molar refractivity (Wildman–Crippen MR) is 66.5 cm³/mol. The summed E-state index contributed by atoms with van der Waals surface area (Å²) in [5, 5.41) is 0. The summed E-state index contributed by atoms with van der Waals surface area (Å²) in [6, 6.07) is 1.56. The van der Waals surface area contributed by atoms with Crippen LogP contribution < -0.4 is 5.73 Å². The highest BCUT2D eigenvalue weighted by Crippen LogP contribution is 2.18. The molecule has 0 aliphatic heterocycles. The van der Waals surface area contributed by atoms with Crippen molar-refractivity contribution in [3.63, 3.8) is 0 Å². The summed E-state index contributed by atoms with van der Waals surface area (Å²) in [4.78, 5) is 3.55. The van der Waals surface area contributed by atoms with E-state index in [4.69, 9.17) is 5.73 Å². The van der Waals surface area contributed by atoms with Crippen molar-refractivity contribution in [2.75, 3.05) is 5.73 Å². The van der Waals surface area contributed by atoms with Crippen LogP contribution in [-0.2, 0) is 0 Å². The van der Waals surface area contributed by atoms with Gasteiger partial charge in [-0.2, -0.15) is 4.39 Å². The molecule has 1 aromatic rings. The molecule has 0 unspecified atom stereocenters. The first-order valence-corrected chi connectivity index (χ1v) is 8.73. The molecule has 0 aliphatic rings. The van der Waals surface area contributed by atoms with Crippen molar-refractivity contribution in [3.05, 3.63) is 22.1 Å². The molecule has 0 aromatic carbocycles. The van der Waals surface area contributed by atoms with Crippen LogP contribution in [0.3, 0.4) is 0 Å². The highest BCUT2D eigenvalue weighted by atomic mass is 79.9. The van der Waals surface area contributed by atoms with Gasteiger partial charge in [0.2, 0.25) is 5.95 Å². The average molecular weight is 287 g/mol. The molecule has 15 heavy (non-hydrogen) atoms. The minimum absolute atomic E-state index is 0.140. The molecule has 1 rings (SSSR count). The van der Waals surface area contributed by atoms with E-state index in [1.165, 1.54) is 0 Å². The first-order valence-electron chi connectivity index (χ1n) is 4.44. The van der Waals surface area contributed by atoms with Crippen molar-refractivity contribution >= 4 is 29.8 Å². The van der Waals surface area contributed by atoms with Crippen LogP contribution in [0.2, 0.25) is 19.6 Å². The normalized spacial score (nSPS) is 10.7. The summed E-state index contributed by atoms with van der Waals surface area (Å²) >= 11 is 3.05. The number of halogens is 2. The number of pyridine rings is 1. The topological polar surface area (TPSA) is 38.9 Å². The fourth-order valence-electron chi connectivity index (χ4n) is 0.835. The quantitative estimate of drug-likeness (QED) is 0.453. The number of anilines is 1. The van der Waals surface area contributed by atoms with Crippen LogP contribution in [0.15, 0.2) is 10.5 Å². The van der Waals surface area contributed by atoms with Crippen LogP contribution in [0.25, 0.3) is 0 Å². The second kappa shape index (κ2) is 4.33. The smallest absolute Gasteiger partial charge is 0.229 e. The maximum absolute atomic E-state index is 13.0. The van der Waals surface area contributed by atoms with E-state index in [2.05, 4.69) is 52.0 Å². The summed E-state index contributed by atoms with van der Waals surface area (Å²) in [6.45, 7) is 6.38. The molecule has 0 saturated heterocycles. The molecule has 0 aliphatic carbocycles. The predicted octanol–water partition coefficient (Wildman–Crippen LogP) is 2.79. The van der Waals surface area contributed by atoms with E-state index in [1.54, 1.807) is 6.07 Å². The van der Waals surface area contributed by atoms with Crippen LogP contribution in [0.1, 0.15) is 5.56 Å². The summed E-state index contributed by atoms with van der Waals surface area (Å²) in [5.41, 5.74) is 9.29. The van der Waals surface area contributed by atoms with Crippen molar-refractivity contribution in [3.8, 4) is 11.5 Å². The Labute approximate surface area is 98.2 Å². The number of aromatic nitrogens is 1. The van der Waals surface area contributed by atoms with Crippen molar-refractivity contribution in [1.82, 2.24) is 4.98 Å². The second-order valence-corrected chi connectivity index (χ2v) is 9.80. The van der Waals surface area contributed by atoms with Crippen LogP contribution in [-0.4, -0.2) is 13.1 Å². The second-order valence-electron chi connectivity index (χ2n) is 4.19. The van der Waals surface area contributed by atoms with E-state index in [1.807, 2.05) is 0 Å². The zero-order valence-electron chi connectivity index (χ0n) is 8.86. The number of hydrogen-bond donors (Lipinski definition) is 1. The van der Waals surface area contributed by atoms with Gasteiger partial charge in [0.25, 0.3) is 0 Å².